The van der Waals surface area contributed by atoms with Crippen molar-refractivity contribution in [1.82, 2.24) is 5.32 Å². The molecule has 0 aromatic heterocycles. The monoisotopic (exact) mass is 217 g/mol. The van der Waals surface area contributed by atoms with Gasteiger partial charge in [-0.05, 0) is 18.8 Å². The Balaban J connectivity index is 3.38. The Morgan fingerprint density at radius 3 is 1.93 bits per heavy atom. The van der Waals surface area contributed by atoms with Crippen LogP contribution in [0.2, 0.25) is 0 Å². The van der Waals surface area contributed by atoms with E-state index in [-0.39, 0.29) is 0 Å². The first-order chi connectivity index (χ1) is 6.45. The molecule has 0 aliphatic heterocycles. The molecule has 0 aliphatic rings. The van der Waals surface area contributed by atoms with E-state index < -0.39 is 0 Å². The maximum Gasteiger partial charge on any atom is 0.00620 e. The minimum absolute atomic E-state index is 0.643. The first-order valence-electron chi connectivity index (χ1n) is 5.80. The van der Waals surface area contributed by atoms with Crippen LogP contribution in [0, 0.1) is 11.8 Å². The predicted molar refractivity (Wildman–Crippen MR) is 69.1 cm³/mol. The summed E-state index contributed by atoms with van der Waals surface area (Å²) in [6.07, 6.45) is 0. The molecule has 2 heteroatoms. The first kappa shape index (κ1) is 14.3. The number of thioether (sulfide) groups is 1. The van der Waals surface area contributed by atoms with Crippen LogP contribution in [0.5, 0.6) is 0 Å². The van der Waals surface area contributed by atoms with E-state index in [0.717, 1.165) is 23.6 Å². The molecule has 0 heterocycles. The van der Waals surface area contributed by atoms with Crippen molar-refractivity contribution in [3.05, 3.63) is 0 Å². The summed E-state index contributed by atoms with van der Waals surface area (Å²) in [7, 11) is 0. The van der Waals surface area contributed by atoms with Crippen LogP contribution in [-0.2, 0) is 0 Å². The zero-order valence-electron chi connectivity index (χ0n) is 10.6. The molecule has 0 fully saturated rings. The molecule has 0 spiro atoms. The Morgan fingerprint density at radius 2 is 1.50 bits per heavy atom. The van der Waals surface area contributed by atoms with Gasteiger partial charge >= 0.3 is 0 Å². The van der Waals surface area contributed by atoms with Gasteiger partial charge in [-0.25, -0.2) is 0 Å². The van der Waals surface area contributed by atoms with Crippen molar-refractivity contribution < 1.29 is 0 Å². The van der Waals surface area contributed by atoms with Gasteiger partial charge in [-0.1, -0.05) is 34.6 Å². The molecule has 0 rings (SSSR count). The largest absolute Gasteiger partial charge is 0.313 e. The highest BCUT2D eigenvalue weighted by molar-refractivity contribution is 7.99. The number of nitrogens with one attached hydrogen (secondary N) is 1. The van der Waals surface area contributed by atoms with E-state index in [4.69, 9.17) is 0 Å². The second kappa shape index (κ2) is 7.58. The minimum atomic E-state index is 0.643. The highest BCUT2D eigenvalue weighted by Gasteiger charge is 2.08. The van der Waals surface area contributed by atoms with Crippen LogP contribution < -0.4 is 5.32 Å². The fourth-order valence-corrected chi connectivity index (χ4v) is 1.95. The fraction of sp³-hybridized carbons (Fsp3) is 1.00. The Labute approximate surface area is 94.4 Å². The number of hydrogen-bond acceptors (Lipinski definition) is 2. The summed E-state index contributed by atoms with van der Waals surface area (Å²) < 4.78 is 0. The molecule has 0 radical (unpaired) electrons. The maximum absolute atomic E-state index is 3.56. The molecule has 14 heavy (non-hydrogen) atoms. The summed E-state index contributed by atoms with van der Waals surface area (Å²) in [6, 6.07) is 0.643. The predicted octanol–water partition coefficient (Wildman–Crippen LogP) is 3.40. The van der Waals surface area contributed by atoms with Crippen molar-refractivity contribution in [3.63, 3.8) is 0 Å². The highest BCUT2D eigenvalue weighted by atomic mass is 32.2. The van der Waals surface area contributed by atoms with Crippen molar-refractivity contribution in [1.29, 1.82) is 0 Å². The Bertz CT molecular complexity index is 118. The SMILES string of the molecule is CC(C)C(C)NCCSC(C)C(C)C. The van der Waals surface area contributed by atoms with Crippen LogP contribution in [0.25, 0.3) is 0 Å². The third kappa shape index (κ3) is 6.72. The lowest BCUT2D eigenvalue weighted by Crippen LogP contribution is -2.32. The molecule has 0 aromatic carbocycles. The first-order valence-corrected chi connectivity index (χ1v) is 6.85. The van der Waals surface area contributed by atoms with Crippen molar-refractivity contribution in [2.24, 2.45) is 11.8 Å². The minimum Gasteiger partial charge on any atom is -0.313 e. The average molecular weight is 217 g/mol. The lowest BCUT2D eigenvalue weighted by Gasteiger charge is -2.19. The lowest BCUT2D eigenvalue weighted by molar-refractivity contribution is 0.438. The third-order valence-corrected chi connectivity index (χ3v) is 4.40. The van der Waals surface area contributed by atoms with Crippen LogP contribution in [-0.4, -0.2) is 23.6 Å². The van der Waals surface area contributed by atoms with Gasteiger partial charge in [0.2, 0.25) is 0 Å². The van der Waals surface area contributed by atoms with Gasteiger partial charge in [-0.2, -0.15) is 11.8 Å². The zero-order valence-corrected chi connectivity index (χ0v) is 11.4. The second-order valence-corrected chi connectivity index (χ2v) is 6.29. The standard InChI is InChI=1S/C12H27NS/c1-9(2)11(5)13-7-8-14-12(6)10(3)4/h9-13H,7-8H2,1-6H3. The van der Waals surface area contributed by atoms with Crippen molar-refractivity contribution in [3.8, 4) is 0 Å². The van der Waals surface area contributed by atoms with Crippen LogP contribution in [0.3, 0.4) is 0 Å². The molecule has 0 saturated carbocycles. The molecular formula is C12H27NS. The molecule has 86 valence electrons. The second-order valence-electron chi connectivity index (χ2n) is 4.81. The van der Waals surface area contributed by atoms with Gasteiger partial charge in [0, 0.05) is 23.6 Å². The highest BCUT2D eigenvalue weighted by Crippen LogP contribution is 2.17. The van der Waals surface area contributed by atoms with Gasteiger partial charge < -0.3 is 5.32 Å². The van der Waals surface area contributed by atoms with Gasteiger partial charge in [0.1, 0.15) is 0 Å². The quantitative estimate of drug-likeness (QED) is 0.656. The van der Waals surface area contributed by atoms with Crippen molar-refractivity contribution >= 4 is 11.8 Å². The topological polar surface area (TPSA) is 12.0 Å². The van der Waals surface area contributed by atoms with Gasteiger partial charge in [0.25, 0.3) is 0 Å². The van der Waals surface area contributed by atoms with Crippen LogP contribution in [0.15, 0.2) is 0 Å². The summed E-state index contributed by atoms with van der Waals surface area (Å²) >= 11 is 2.08. The van der Waals surface area contributed by atoms with E-state index in [0.29, 0.717) is 6.04 Å². The molecule has 0 bridgehead atoms. The van der Waals surface area contributed by atoms with Crippen LogP contribution >= 0.6 is 11.8 Å². The maximum atomic E-state index is 3.56. The van der Waals surface area contributed by atoms with E-state index in [1.54, 1.807) is 0 Å². The smallest absolute Gasteiger partial charge is 0.00620 e. The molecule has 1 N–H and O–H groups in total. The van der Waals surface area contributed by atoms with Crippen LogP contribution in [0.4, 0.5) is 0 Å². The average Bonchev–Trinajstić information content (AvgIpc) is 2.11. The molecule has 2 unspecified atom stereocenters. The molecule has 1 nitrogen and oxygen atoms in total. The molecule has 2 atom stereocenters. The molecular weight excluding hydrogens is 190 g/mol. The normalized spacial score (nSPS) is 16.3. The van der Waals surface area contributed by atoms with E-state index in [1.165, 1.54) is 5.75 Å². The van der Waals surface area contributed by atoms with Crippen molar-refractivity contribution in [2.45, 2.75) is 52.8 Å². The molecule has 0 aromatic rings. The van der Waals surface area contributed by atoms with E-state index in [2.05, 4.69) is 58.6 Å². The zero-order chi connectivity index (χ0) is 11.1. The summed E-state index contributed by atoms with van der Waals surface area (Å²) in [5.41, 5.74) is 0. The Morgan fingerprint density at radius 1 is 0.929 bits per heavy atom. The summed E-state index contributed by atoms with van der Waals surface area (Å²) in [5.74, 6) is 2.76. The van der Waals surface area contributed by atoms with Crippen molar-refractivity contribution in [2.75, 3.05) is 12.3 Å². The van der Waals surface area contributed by atoms with E-state index in [9.17, 15) is 0 Å². The lowest BCUT2D eigenvalue weighted by atomic mass is 10.1. The van der Waals surface area contributed by atoms with Gasteiger partial charge in [0.05, 0.1) is 0 Å². The van der Waals surface area contributed by atoms with E-state index >= 15 is 0 Å². The Kier molecular flexibility index (Phi) is 7.75. The number of hydrogen-bond donors (Lipinski definition) is 1. The van der Waals surface area contributed by atoms with Gasteiger partial charge in [-0.3, -0.25) is 0 Å². The molecule has 0 aliphatic carbocycles. The van der Waals surface area contributed by atoms with Crippen LogP contribution in [0.1, 0.15) is 41.5 Å². The summed E-state index contributed by atoms with van der Waals surface area (Å²) in [5, 5.41) is 4.34. The summed E-state index contributed by atoms with van der Waals surface area (Å²) in [6.45, 7) is 14.8. The third-order valence-electron chi connectivity index (χ3n) is 2.89. The van der Waals surface area contributed by atoms with Gasteiger partial charge in [-0.15, -0.1) is 0 Å². The molecule has 0 amide bonds. The fourth-order valence-electron chi connectivity index (χ4n) is 0.960. The van der Waals surface area contributed by atoms with Gasteiger partial charge in [0.15, 0.2) is 0 Å². The number of rotatable bonds is 7. The molecule has 0 saturated heterocycles. The Hall–Kier alpha value is 0.310. The van der Waals surface area contributed by atoms with E-state index in [1.807, 2.05) is 0 Å². The summed E-state index contributed by atoms with van der Waals surface area (Å²) in [4.78, 5) is 0.